The van der Waals surface area contributed by atoms with Crippen molar-refractivity contribution in [1.82, 2.24) is 0 Å². The van der Waals surface area contributed by atoms with Gasteiger partial charge in [0.15, 0.2) is 0 Å². The first-order valence-corrected chi connectivity index (χ1v) is 4.73. The minimum Gasteiger partial charge on any atom is -0.362 e. The van der Waals surface area contributed by atoms with Gasteiger partial charge in [-0.25, -0.2) is 0 Å². The predicted molar refractivity (Wildman–Crippen MR) is 55.5 cm³/mol. The van der Waals surface area contributed by atoms with Crippen LogP contribution in [0.4, 0.5) is 11.4 Å². The smallest absolute Gasteiger partial charge is 0.102 e. The van der Waals surface area contributed by atoms with Crippen LogP contribution in [0.2, 0.25) is 0 Å². The molecule has 0 amide bonds. The monoisotopic (exact) mass is 226 g/mol. The maximum Gasteiger partial charge on any atom is 0.102 e. The van der Waals surface area contributed by atoms with Gasteiger partial charge < -0.3 is 10.6 Å². The molecule has 0 atom stereocenters. The van der Waals surface area contributed by atoms with Crippen LogP contribution in [0, 0.1) is 0 Å². The minimum atomic E-state index is -0.0355. The van der Waals surface area contributed by atoms with E-state index in [0.717, 1.165) is 15.8 Å². The second kappa shape index (κ2) is 2.39. The van der Waals surface area contributed by atoms with Crippen LogP contribution < -0.4 is 10.6 Å². The Morgan fingerprint density at radius 2 is 2.00 bits per heavy atom. The van der Waals surface area contributed by atoms with Gasteiger partial charge in [0.05, 0.1) is 11.4 Å². The van der Waals surface area contributed by atoms with Gasteiger partial charge in [0.25, 0.3) is 0 Å². The van der Waals surface area contributed by atoms with Crippen molar-refractivity contribution in [2.45, 2.75) is 19.5 Å². The Hall–Kier alpha value is -0.700. The molecule has 0 saturated carbocycles. The summed E-state index contributed by atoms with van der Waals surface area (Å²) in [6, 6.07) is 6.13. The molecular formula is C9H11BrN2. The lowest BCUT2D eigenvalue weighted by Crippen LogP contribution is -2.33. The lowest BCUT2D eigenvalue weighted by molar-refractivity contribution is 0.674. The molecule has 2 N–H and O–H groups in total. The molecule has 0 fully saturated rings. The highest BCUT2D eigenvalue weighted by atomic mass is 79.9. The normalized spacial score (nSPS) is 17.9. The molecule has 2 nitrogen and oxygen atoms in total. The first-order valence-electron chi connectivity index (χ1n) is 3.93. The van der Waals surface area contributed by atoms with Crippen LogP contribution in [0.3, 0.4) is 0 Å². The number of rotatable bonds is 0. The van der Waals surface area contributed by atoms with Gasteiger partial charge in [-0.15, -0.1) is 0 Å². The largest absolute Gasteiger partial charge is 0.362 e. The van der Waals surface area contributed by atoms with Gasteiger partial charge in [-0.2, -0.15) is 0 Å². The Morgan fingerprint density at radius 3 is 2.67 bits per heavy atom. The van der Waals surface area contributed by atoms with Crippen LogP contribution in [0.15, 0.2) is 22.7 Å². The Balaban J connectivity index is 2.48. The summed E-state index contributed by atoms with van der Waals surface area (Å²) in [5.74, 6) is 0. The topological polar surface area (TPSA) is 24.1 Å². The molecule has 1 aliphatic heterocycles. The van der Waals surface area contributed by atoms with Crippen molar-refractivity contribution in [3.63, 3.8) is 0 Å². The number of anilines is 2. The van der Waals surface area contributed by atoms with Crippen molar-refractivity contribution < 1.29 is 0 Å². The van der Waals surface area contributed by atoms with Crippen molar-refractivity contribution in [2.75, 3.05) is 10.6 Å². The second-order valence-electron chi connectivity index (χ2n) is 3.54. The molecule has 1 aromatic carbocycles. The Kier molecular flexibility index (Phi) is 1.58. The first kappa shape index (κ1) is 7.92. The zero-order chi connectivity index (χ0) is 8.77. The summed E-state index contributed by atoms with van der Waals surface area (Å²) in [6.07, 6.45) is 0. The molecule has 64 valence electrons. The molecule has 0 saturated heterocycles. The van der Waals surface area contributed by atoms with Gasteiger partial charge in [-0.1, -0.05) is 6.07 Å². The molecule has 2 rings (SSSR count). The SMILES string of the molecule is CC1(C)Nc2cccc(Br)c2N1. The van der Waals surface area contributed by atoms with Gasteiger partial charge in [-0.3, -0.25) is 0 Å². The molecular weight excluding hydrogens is 216 g/mol. The zero-order valence-electron chi connectivity index (χ0n) is 7.11. The molecule has 12 heavy (non-hydrogen) atoms. The molecule has 1 aliphatic rings. The third kappa shape index (κ3) is 1.18. The number of halogens is 1. The summed E-state index contributed by atoms with van der Waals surface area (Å²) in [7, 11) is 0. The van der Waals surface area contributed by atoms with Crippen LogP contribution in [0.25, 0.3) is 0 Å². The molecule has 0 aromatic heterocycles. The van der Waals surface area contributed by atoms with Gasteiger partial charge in [0, 0.05) is 4.47 Å². The van der Waals surface area contributed by atoms with E-state index >= 15 is 0 Å². The van der Waals surface area contributed by atoms with Crippen molar-refractivity contribution in [1.29, 1.82) is 0 Å². The van der Waals surface area contributed by atoms with Crippen molar-refractivity contribution >= 4 is 27.3 Å². The quantitative estimate of drug-likeness (QED) is 0.711. The highest BCUT2D eigenvalue weighted by molar-refractivity contribution is 9.10. The number of hydrogen-bond donors (Lipinski definition) is 2. The van der Waals surface area contributed by atoms with Gasteiger partial charge in [0.2, 0.25) is 0 Å². The fraction of sp³-hybridized carbons (Fsp3) is 0.333. The maximum absolute atomic E-state index is 3.50. The fourth-order valence-electron chi connectivity index (χ4n) is 1.44. The van der Waals surface area contributed by atoms with E-state index in [1.807, 2.05) is 12.1 Å². The number of hydrogen-bond acceptors (Lipinski definition) is 2. The molecule has 0 unspecified atom stereocenters. The Bertz CT molecular complexity index is 320. The fourth-order valence-corrected chi connectivity index (χ4v) is 1.90. The summed E-state index contributed by atoms with van der Waals surface area (Å²) in [4.78, 5) is 0. The third-order valence-corrected chi connectivity index (χ3v) is 2.56. The van der Waals surface area contributed by atoms with Crippen LogP contribution in [0.5, 0.6) is 0 Å². The van der Waals surface area contributed by atoms with E-state index in [1.165, 1.54) is 0 Å². The van der Waals surface area contributed by atoms with Gasteiger partial charge >= 0.3 is 0 Å². The molecule has 1 aromatic rings. The van der Waals surface area contributed by atoms with E-state index in [1.54, 1.807) is 0 Å². The molecule has 0 radical (unpaired) electrons. The summed E-state index contributed by atoms with van der Waals surface area (Å²) >= 11 is 3.50. The van der Waals surface area contributed by atoms with Crippen molar-refractivity contribution in [3.8, 4) is 0 Å². The highest BCUT2D eigenvalue weighted by Crippen LogP contribution is 2.38. The van der Waals surface area contributed by atoms with E-state index in [4.69, 9.17) is 0 Å². The molecule has 0 spiro atoms. The average molecular weight is 227 g/mol. The standard InChI is InChI=1S/C9H11BrN2/c1-9(2)11-7-5-3-4-6(10)8(7)12-9/h3-5,11-12H,1-2H3. The summed E-state index contributed by atoms with van der Waals surface area (Å²) in [5, 5.41) is 6.76. The molecule has 0 aliphatic carbocycles. The minimum absolute atomic E-state index is 0.0355. The zero-order valence-corrected chi connectivity index (χ0v) is 8.70. The van der Waals surface area contributed by atoms with Crippen LogP contribution in [-0.2, 0) is 0 Å². The Morgan fingerprint density at radius 1 is 1.25 bits per heavy atom. The highest BCUT2D eigenvalue weighted by Gasteiger charge is 2.27. The number of benzene rings is 1. The van der Waals surface area contributed by atoms with E-state index in [0.29, 0.717) is 0 Å². The number of nitrogens with one attached hydrogen (secondary N) is 2. The van der Waals surface area contributed by atoms with Crippen LogP contribution in [0.1, 0.15) is 13.8 Å². The van der Waals surface area contributed by atoms with Crippen molar-refractivity contribution in [3.05, 3.63) is 22.7 Å². The van der Waals surface area contributed by atoms with Gasteiger partial charge in [-0.05, 0) is 41.9 Å². The van der Waals surface area contributed by atoms with E-state index in [-0.39, 0.29) is 5.66 Å². The lowest BCUT2D eigenvalue weighted by Gasteiger charge is -2.19. The lowest BCUT2D eigenvalue weighted by atomic mass is 10.3. The number of para-hydroxylation sites is 1. The predicted octanol–water partition coefficient (Wildman–Crippen LogP) is 3.02. The third-order valence-electron chi connectivity index (χ3n) is 1.90. The summed E-state index contributed by atoms with van der Waals surface area (Å²) < 4.78 is 1.11. The summed E-state index contributed by atoms with van der Waals surface area (Å²) in [5.41, 5.74) is 2.28. The molecule has 3 heteroatoms. The average Bonchev–Trinajstić information content (AvgIpc) is 2.25. The van der Waals surface area contributed by atoms with E-state index in [9.17, 15) is 0 Å². The van der Waals surface area contributed by atoms with E-state index < -0.39 is 0 Å². The molecule has 1 heterocycles. The first-order chi connectivity index (χ1) is 5.58. The Labute approximate surface area is 80.5 Å². The van der Waals surface area contributed by atoms with Crippen LogP contribution >= 0.6 is 15.9 Å². The second-order valence-corrected chi connectivity index (χ2v) is 4.39. The summed E-state index contributed by atoms with van der Waals surface area (Å²) in [6.45, 7) is 4.22. The van der Waals surface area contributed by atoms with Crippen LogP contribution in [-0.4, -0.2) is 5.66 Å². The van der Waals surface area contributed by atoms with E-state index in [2.05, 4.69) is 46.5 Å². The van der Waals surface area contributed by atoms with Crippen molar-refractivity contribution in [2.24, 2.45) is 0 Å². The number of fused-ring (bicyclic) bond motifs is 1. The molecule has 0 bridgehead atoms. The van der Waals surface area contributed by atoms with Gasteiger partial charge in [0.1, 0.15) is 5.66 Å². The maximum atomic E-state index is 3.50.